The Kier molecular flexibility index (Phi) is 7.10. The van der Waals surface area contributed by atoms with Crippen LogP contribution in [0.5, 0.6) is 17.2 Å². The van der Waals surface area contributed by atoms with E-state index in [0.717, 1.165) is 0 Å². The number of ether oxygens (including phenoxy) is 3. The number of aliphatic hydroxyl groups excluding tert-OH is 1. The van der Waals surface area contributed by atoms with Gasteiger partial charge in [-0.05, 0) is 47.5 Å². The molecule has 0 spiro atoms. The molecule has 1 atom stereocenters. The van der Waals surface area contributed by atoms with Crippen molar-refractivity contribution in [2.45, 2.75) is 12.6 Å². The van der Waals surface area contributed by atoms with Crippen molar-refractivity contribution < 1.29 is 33.8 Å². The minimum Gasteiger partial charge on any atom is -0.507 e. The van der Waals surface area contributed by atoms with Crippen molar-refractivity contribution in [2.75, 3.05) is 21.3 Å². The number of hydrogen-bond acceptors (Lipinski definition) is 8. The molecular weight excluding hydrogens is 480 g/mol. The van der Waals surface area contributed by atoms with Crippen LogP contribution in [-0.4, -0.2) is 47.9 Å². The minimum atomic E-state index is -0.922. The van der Waals surface area contributed by atoms with E-state index in [1.54, 1.807) is 42.5 Å². The highest BCUT2D eigenvalue weighted by molar-refractivity contribution is 6.46. The van der Waals surface area contributed by atoms with Crippen molar-refractivity contribution in [3.8, 4) is 17.2 Å². The third kappa shape index (κ3) is 4.81. The zero-order valence-electron chi connectivity index (χ0n) is 20.3. The first-order chi connectivity index (χ1) is 17.8. The lowest BCUT2D eigenvalue weighted by atomic mass is 9.95. The van der Waals surface area contributed by atoms with E-state index in [9.17, 15) is 24.8 Å². The highest BCUT2D eigenvalue weighted by Gasteiger charge is 2.46. The summed E-state index contributed by atoms with van der Waals surface area (Å²) in [7, 11) is 4.53. The molecule has 0 aromatic heterocycles. The van der Waals surface area contributed by atoms with E-state index in [-0.39, 0.29) is 23.4 Å². The molecule has 37 heavy (non-hydrogen) atoms. The van der Waals surface area contributed by atoms with Crippen molar-refractivity contribution in [3.63, 3.8) is 0 Å². The number of nitro groups is 1. The number of amides is 1. The topological polar surface area (TPSA) is 128 Å². The molecular formula is C27H24N2O8. The Morgan fingerprint density at radius 1 is 0.919 bits per heavy atom. The van der Waals surface area contributed by atoms with Crippen molar-refractivity contribution in [1.82, 2.24) is 4.90 Å². The molecule has 3 aromatic rings. The molecule has 1 saturated heterocycles. The first-order valence-electron chi connectivity index (χ1n) is 11.2. The van der Waals surface area contributed by atoms with Crippen molar-refractivity contribution in [1.29, 1.82) is 0 Å². The number of aliphatic hydroxyl groups is 1. The molecule has 3 aromatic carbocycles. The van der Waals surface area contributed by atoms with Gasteiger partial charge in [-0.2, -0.15) is 0 Å². The van der Waals surface area contributed by atoms with E-state index in [4.69, 9.17) is 14.2 Å². The number of hydrogen-bond donors (Lipinski definition) is 1. The van der Waals surface area contributed by atoms with Gasteiger partial charge in [0.15, 0.2) is 11.5 Å². The SMILES string of the molecule is COc1ccc(C2/C(=C(/O)c3ccc([N+](=O)[O-])cc3)C(=O)C(=O)N2Cc2ccc(OC)c(OC)c2)cc1. The lowest BCUT2D eigenvalue weighted by Gasteiger charge is -2.26. The highest BCUT2D eigenvalue weighted by Crippen LogP contribution is 2.41. The summed E-state index contributed by atoms with van der Waals surface area (Å²) in [5, 5.41) is 22.2. The molecule has 0 saturated carbocycles. The molecule has 1 fully saturated rings. The maximum absolute atomic E-state index is 13.2. The van der Waals surface area contributed by atoms with Crippen LogP contribution in [0.3, 0.4) is 0 Å². The van der Waals surface area contributed by atoms with Crippen molar-refractivity contribution >= 4 is 23.1 Å². The van der Waals surface area contributed by atoms with Gasteiger partial charge in [-0.15, -0.1) is 0 Å². The smallest absolute Gasteiger partial charge is 0.295 e. The summed E-state index contributed by atoms with van der Waals surface area (Å²) in [5.74, 6) is -0.530. The van der Waals surface area contributed by atoms with Crippen LogP contribution < -0.4 is 14.2 Å². The zero-order valence-corrected chi connectivity index (χ0v) is 20.3. The number of carbonyl (C=O) groups excluding carboxylic acids is 2. The van der Waals surface area contributed by atoms with Crippen molar-refractivity contribution in [2.24, 2.45) is 0 Å². The number of non-ortho nitro benzene ring substituents is 1. The van der Waals surface area contributed by atoms with Gasteiger partial charge in [0.05, 0.1) is 37.9 Å². The zero-order chi connectivity index (χ0) is 26.7. The van der Waals surface area contributed by atoms with Gasteiger partial charge in [-0.25, -0.2) is 0 Å². The fraction of sp³-hybridized carbons (Fsp3) is 0.185. The van der Waals surface area contributed by atoms with E-state index in [1.165, 1.54) is 50.5 Å². The Bertz CT molecular complexity index is 1380. The molecule has 1 amide bonds. The first-order valence-corrected chi connectivity index (χ1v) is 11.2. The van der Waals surface area contributed by atoms with E-state index in [1.807, 2.05) is 0 Å². The predicted octanol–water partition coefficient (Wildman–Crippen LogP) is 4.24. The minimum absolute atomic E-state index is 0.0403. The second-order valence-corrected chi connectivity index (χ2v) is 8.19. The maximum Gasteiger partial charge on any atom is 0.295 e. The number of likely N-dealkylation sites (tertiary alicyclic amines) is 1. The predicted molar refractivity (Wildman–Crippen MR) is 133 cm³/mol. The summed E-state index contributed by atoms with van der Waals surface area (Å²) in [6.07, 6.45) is 0. The lowest BCUT2D eigenvalue weighted by molar-refractivity contribution is -0.384. The molecule has 10 nitrogen and oxygen atoms in total. The van der Waals surface area contributed by atoms with Crippen molar-refractivity contribution in [3.05, 3.63) is 99.1 Å². The first kappa shape index (κ1) is 25.2. The van der Waals surface area contributed by atoms with Crippen LogP contribution in [0.1, 0.15) is 22.7 Å². The summed E-state index contributed by atoms with van der Waals surface area (Å²) < 4.78 is 15.9. The van der Waals surface area contributed by atoms with Gasteiger partial charge in [0.25, 0.3) is 17.4 Å². The largest absolute Gasteiger partial charge is 0.507 e. The molecule has 1 aliphatic heterocycles. The summed E-state index contributed by atoms with van der Waals surface area (Å²) >= 11 is 0. The second kappa shape index (κ2) is 10.4. The number of rotatable bonds is 8. The number of benzene rings is 3. The third-order valence-corrected chi connectivity index (χ3v) is 6.12. The normalized spacial score (nSPS) is 16.5. The number of Topliss-reactive ketones (excluding diaryl/α,β-unsaturated/α-hetero) is 1. The molecule has 1 unspecified atom stereocenters. The summed E-state index contributed by atoms with van der Waals surface area (Å²) in [5.41, 5.74) is 1.13. The van der Waals surface area contributed by atoms with Gasteiger partial charge in [-0.3, -0.25) is 19.7 Å². The average Bonchev–Trinajstić information content (AvgIpc) is 3.17. The van der Waals surface area contributed by atoms with E-state index in [0.29, 0.717) is 28.4 Å². The summed E-state index contributed by atoms with van der Waals surface area (Å²) in [6.45, 7) is 0.0403. The Hall–Kier alpha value is -4.86. The molecule has 190 valence electrons. The van der Waals surface area contributed by atoms with Gasteiger partial charge < -0.3 is 24.2 Å². The van der Waals surface area contributed by atoms with Gasteiger partial charge in [-0.1, -0.05) is 18.2 Å². The monoisotopic (exact) mass is 504 g/mol. The molecule has 1 N–H and O–H groups in total. The fourth-order valence-electron chi connectivity index (χ4n) is 4.25. The van der Waals surface area contributed by atoms with Gasteiger partial charge in [0.2, 0.25) is 0 Å². The highest BCUT2D eigenvalue weighted by atomic mass is 16.6. The number of nitrogens with zero attached hydrogens (tertiary/aromatic N) is 2. The van der Waals surface area contributed by atoms with E-state index in [2.05, 4.69) is 0 Å². The molecule has 1 aliphatic rings. The third-order valence-electron chi connectivity index (χ3n) is 6.12. The molecule has 0 radical (unpaired) electrons. The quantitative estimate of drug-likeness (QED) is 0.159. The van der Waals surface area contributed by atoms with Crippen LogP contribution in [-0.2, 0) is 16.1 Å². The van der Waals surface area contributed by atoms with Gasteiger partial charge in [0.1, 0.15) is 11.5 Å². The summed E-state index contributed by atoms with van der Waals surface area (Å²) in [6, 6.07) is 16.1. The Morgan fingerprint density at radius 2 is 1.57 bits per heavy atom. The number of ketones is 1. The van der Waals surface area contributed by atoms with E-state index < -0.39 is 28.4 Å². The van der Waals surface area contributed by atoms with Crippen LogP contribution in [0.2, 0.25) is 0 Å². The molecule has 10 heteroatoms. The van der Waals surface area contributed by atoms with Gasteiger partial charge >= 0.3 is 0 Å². The van der Waals surface area contributed by atoms with Crippen LogP contribution >= 0.6 is 0 Å². The summed E-state index contributed by atoms with van der Waals surface area (Å²) in [4.78, 5) is 38.3. The number of nitro benzene ring substituents is 1. The Labute approximate surface area is 212 Å². The van der Waals surface area contributed by atoms with Crippen LogP contribution in [0.4, 0.5) is 5.69 Å². The maximum atomic E-state index is 13.2. The number of carbonyl (C=O) groups is 2. The van der Waals surface area contributed by atoms with E-state index >= 15 is 0 Å². The van der Waals surface area contributed by atoms with Crippen LogP contribution in [0, 0.1) is 10.1 Å². The standard InChI is InChI=1S/C27H24N2O8/c1-35-20-11-7-17(8-12-20)24-23(25(30)18-5-9-19(10-6-18)29(33)34)26(31)27(32)28(24)15-16-4-13-21(36-2)22(14-16)37-3/h4-14,24,30H,15H2,1-3H3/b25-23-. The fourth-order valence-corrected chi connectivity index (χ4v) is 4.25. The average molecular weight is 504 g/mol. The number of methoxy groups -OCH3 is 3. The van der Waals surface area contributed by atoms with Crippen LogP contribution in [0.15, 0.2) is 72.3 Å². The molecule has 0 bridgehead atoms. The molecule has 0 aliphatic carbocycles. The molecule has 1 heterocycles. The lowest BCUT2D eigenvalue weighted by Crippen LogP contribution is -2.29. The molecule has 4 rings (SSSR count). The van der Waals surface area contributed by atoms with Gasteiger partial charge in [0, 0.05) is 24.2 Å². The Balaban J connectivity index is 1.82. The second-order valence-electron chi connectivity index (χ2n) is 8.19. The van der Waals surface area contributed by atoms with Crippen LogP contribution in [0.25, 0.3) is 5.76 Å². The Morgan fingerprint density at radius 3 is 2.14 bits per heavy atom.